The lowest BCUT2D eigenvalue weighted by atomic mass is 9.94. The highest BCUT2D eigenvalue weighted by Crippen LogP contribution is 2.48. The summed E-state index contributed by atoms with van der Waals surface area (Å²) in [7, 11) is 0. The van der Waals surface area contributed by atoms with Crippen LogP contribution in [0.3, 0.4) is 0 Å². The third kappa shape index (κ3) is 2.05. The van der Waals surface area contributed by atoms with Crippen molar-refractivity contribution >= 4 is 0 Å². The van der Waals surface area contributed by atoms with Gasteiger partial charge in [-0.15, -0.1) is 0 Å². The molecule has 2 N–H and O–H groups in total. The molecular weight excluding hydrogens is 222 g/mol. The normalized spacial score (nSPS) is 16.5. The molecule has 3 rings (SSSR count). The zero-order chi connectivity index (χ0) is 12.4. The minimum absolute atomic E-state index is 0.184. The van der Waals surface area contributed by atoms with Crippen molar-refractivity contribution in [2.75, 3.05) is 6.61 Å². The first-order valence-electron chi connectivity index (χ1n) is 6.32. The van der Waals surface area contributed by atoms with Gasteiger partial charge >= 0.3 is 0 Å². The molecule has 0 amide bonds. The van der Waals surface area contributed by atoms with Crippen molar-refractivity contribution in [2.24, 2.45) is 5.90 Å². The topological polar surface area (TPSA) is 35.2 Å². The summed E-state index contributed by atoms with van der Waals surface area (Å²) < 4.78 is 0. The molecule has 1 aliphatic rings. The molecule has 0 heterocycles. The van der Waals surface area contributed by atoms with Crippen molar-refractivity contribution in [3.8, 4) is 11.1 Å². The Hall–Kier alpha value is -1.64. The lowest BCUT2D eigenvalue weighted by Crippen LogP contribution is -2.17. The molecule has 2 heteroatoms. The summed E-state index contributed by atoms with van der Waals surface area (Å²) in [6.07, 6.45) is 2.35. The Morgan fingerprint density at radius 2 is 1.50 bits per heavy atom. The molecule has 1 aliphatic carbocycles. The molecule has 92 valence electrons. The van der Waals surface area contributed by atoms with Gasteiger partial charge in [-0.1, -0.05) is 54.6 Å². The van der Waals surface area contributed by atoms with Gasteiger partial charge in [0.15, 0.2) is 0 Å². The minimum atomic E-state index is 0.184. The Kier molecular flexibility index (Phi) is 2.90. The third-order valence-electron chi connectivity index (χ3n) is 3.82. The molecule has 0 atom stereocenters. The summed E-state index contributed by atoms with van der Waals surface area (Å²) in [5.74, 6) is 5.21. The highest BCUT2D eigenvalue weighted by Gasteiger charge is 2.44. The van der Waals surface area contributed by atoms with Crippen LogP contribution in [0.5, 0.6) is 0 Å². The molecule has 2 aromatic rings. The van der Waals surface area contributed by atoms with E-state index >= 15 is 0 Å². The summed E-state index contributed by atoms with van der Waals surface area (Å²) >= 11 is 0. The summed E-state index contributed by atoms with van der Waals surface area (Å²) in [5, 5.41) is 0. The van der Waals surface area contributed by atoms with Crippen molar-refractivity contribution < 1.29 is 4.84 Å². The SMILES string of the molecule is NOCC1(c2ccc(-c3ccccc3)cc2)CC1. The van der Waals surface area contributed by atoms with E-state index in [2.05, 4.69) is 48.5 Å². The molecule has 0 radical (unpaired) electrons. The molecule has 2 nitrogen and oxygen atoms in total. The minimum Gasteiger partial charge on any atom is -0.304 e. The van der Waals surface area contributed by atoms with Gasteiger partial charge in [0, 0.05) is 5.41 Å². The van der Waals surface area contributed by atoms with Crippen LogP contribution in [0.25, 0.3) is 11.1 Å². The molecule has 0 unspecified atom stereocenters. The van der Waals surface area contributed by atoms with Crippen LogP contribution in [0.2, 0.25) is 0 Å². The molecule has 0 aromatic heterocycles. The van der Waals surface area contributed by atoms with Gasteiger partial charge in [0.2, 0.25) is 0 Å². The Morgan fingerprint density at radius 3 is 2.06 bits per heavy atom. The van der Waals surface area contributed by atoms with E-state index in [1.54, 1.807) is 0 Å². The molecule has 2 aromatic carbocycles. The second-order valence-corrected chi connectivity index (χ2v) is 5.03. The van der Waals surface area contributed by atoms with Crippen LogP contribution >= 0.6 is 0 Å². The molecule has 18 heavy (non-hydrogen) atoms. The summed E-state index contributed by atoms with van der Waals surface area (Å²) in [5.41, 5.74) is 4.03. The van der Waals surface area contributed by atoms with E-state index < -0.39 is 0 Å². The zero-order valence-electron chi connectivity index (χ0n) is 10.3. The fraction of sp³-hybridized carbons (Fsp3) is 0.250. The molecule has 0 bridgehead atoms. The van der Waals surface area contributed by atoms with E-state index in [1.807, 2.05) is 6.07 Å². The van der Waals surface area contributed by atoms with Crippen molar-refractivity contribution in [3.05, 3.63) is 60.2 Å². The number of hydrogen-bond donors (Lipinski definition) is 1. The first-order valence-corrected chi connectivity index (χ1v) is 6.32. The third-order valence-corrected chi connectivity index (χ3v) is 3.82. The Balaban J connectivity index is 1.86. The maximum Gasteiger partial charge on any atom is 0.0775 e. The van der Waals surface area contributed by atoms with Crippen molar-refractivity contribution in [3.63, 3.8) is 0 Å². The van der Waals surface area contributed by atoms with Crippen molar-refractivity contribution in [2.45, 2.75) is 18.3 Å². The molecule has 0 saturated heterocycles. The standard InChI is InChI=1S/C16H17NO/c17-18-12-16(10-11-16)15-8-6-14(7-9-15)13-4-2-1-3-5-13/h1-9H,10-12,17H2. The monoisotopic (exact) mass is 239 g/mol. The zero-order valence-corrected chi connectivity index (χ0v) is 10.3. The summed E-state index contributed by atoms with van der Waals surface area (Å²) in [4.78, 5) is 4.84. The fourth-order valence-corrected chi connectivity index (χ4v) is 2.47. The van der Waals surface area contributed by atoms with Crippen LogP contribution in [0.1, 0.15) is 18.4 Å². The van der Waals surface area contributed by atoms with Crippen LogP contribution in [-0.4, -0.2) is 6.61 Å². The largest absolute Gasteiger partial charge is 0.304 e. The van der Waals surface area contributed by atoms with Gasteiger partial charge in [0.25, 0.3) is 0 Å². The van der Waals surface area contributed by atoms with E-state index in [4.69, 9.17) is 10.7 Å². The molecule has 0 spiro atoms. The predicted molar refractivity (Wildman–Crippen MR) is 72.9 cm³/mol. The second kappa shape index (κ2) is 4.56. The van der Waals surface area contributed by atoms with Crippen LogP contribution in [-0.2, 0) is 10.3 Å². The Bertz CT molecular complexity index is 515. The molecular formula is C16H17NO. The molecule has 0 aliphatic heterocycles. The molecule has 1 fully saturated rings. The van der Waals surface area contributed by atoms with Gasteiger partial charge < -0.3 is 4.84 Å². The van der Waals surface area contributed by atoms with Gasteiger partial charge in [0.1, 0.15) is 0 Å². The summed E-state index contributed by atoms with van der Waals surface area (Å²) in [6.45, 7) is 0.623. The lowest BCUT2D eigenvalue weighted by Gasteiger charge is -2.14. The Morgan fingerprint density at radius 1 is 0.889 bits per heavy atom. The van der Waals surface area contributed by atoms with Crippen LogP contribution in [0.15, 0.2) is 54.6 Å². The lowest BCUT2D eigenvalue weighted by molar-refractivity contribution is 0.116. The van der Waals surface area contributed by atoms with Gasteiger partial charge in [-0.25, -0.2) is 5.90 Å². The maximum absolute atomic E-state index is 5.21. The highest BCUT2D eigenvalue weighted by molar-refractivity contribution is 5.63. The van der Waals surface area contributed by atoms with Gasteiger partial charge in [-0.3, -0.25) is 0 Å². The average molecular weight is 239 g/mol. The predicted octanol–water partition coefficient (Wildman–Crippen LogP) is 3.28. The Labute approximate surface area is 107 Å². The second-order valence-electron chi connectivity index (χ2n) is 5.03. The fourth-order valence-electron chi connectivity index (χ4n) is 2.47. The van der Waals surface area contributed by atoms with E-state index in [-0.39, 0.29) is 5.41 Å². The first kappa shape index (κ1) is 11.5. The quantitative estimate of drug-likeness (QED) is 0.831. The van der Waals surface area contributed by atoms with E-state index in [1.165, 1.54) is 29.5 Å². The molecule has 1 saturated carbocycles. The highest BCUT2D eigenvalue weighted by atomic mass is 16.6. The maximum atomic E-state index is 5.21. The van der Waals surface area contributed by atoms with Gasteiger partial charge in [-0.05, 0) is 29.5 Å². The number of nitrogens with two attached hydrogens (primary N) is 1. The first-order chi connectivity index (χ1) is 8.84. The van der Waals surface area contributed by atoms with Gasteiger partial charge in [0.05, 0.1) is 6.61 Å². The summed E-state index contributed by atoms with van der Waals surface area (Å²) in [6, 6.07) is 19.2. The number of hydrogen-bond acceptors (Lipinski definition) is 2. The van der Waals surface area contributed by atoms with Crippen molar-refractivity contribution in [1.29, 1.82) is 0 Å². The van der Waals surface area contributed by atoms with Gasteiger partial charge in [-0.2, -0.15) is 0 Å². The smallest absolute Gasteiger partial charge is 0.0775 e. The average Bonchev–Trinajstić information content (AvgIpc) is 3.21. The van der Waals surface area contributed by atoms with Crippen LogP contribution in [0, 0.1) is 0 Å². The van der Waals surface area contributed by atoms with E-state index in [9.17, 15) is 0 Å². The van der Waals surface area contributed by atoms with E-state index in [0.29, 0.717) is 6.61 Å². The van der Waals surface area contributed by atoms with Crippen molar-refractivity contribution in [1.82, 2.24) is 0 Å². The number of benzene rings is 2. The van der Waals surface area contributed by atoms with Crippen LogP contribution in [0.4, 0.5) is 0 Å². The van der Waals surface area contributed by atoms with E-state index in [0.717, 1.165) is 0 Å². The number of rotatable bonds is 4. The van der Waals surface area contributed by atoms with Crippen LogP contribution < -0.4 is 5.90 Å².